The molecule has 8 nitrogen and oxygen atoms in total. The number of fused-ring (bicyclic) bond motifs is 1. The number of benzene rings is 1. The standard InChI is InChI=1S/C16H20N4O4S/c1-18(2)16(21)15-10-12-11-19(8-9-20(12)17-15)25(22,23)14-6-4-13(24-3)5-7-14/h4-7,10H,8-9,11H2,1-3H3. The molecule has 1 aromatic heterocycles. The maximum absolute atomic E-state index is 12.8. The molecule has 0 saturated carbocycles. The van der Waals surface area contributed by atoms with Gasteiger partial charge < -0.3 is 9.64 Å². The van der Waals surface area contributed by atoms with Gasteiger partial charge in [0.15, 0.2) is 5.69 Å². The summed E-state index contributed by atoms with van der Waals surface area (Å²) in [7, 11) is 1.22. The van der Waals surface area contributed by atoms with Crippen molar-refractivity contribution in [2.75, 3.05) is 27.7 Å². The molecule has 1 aliphatic heterocycles. The summed E-state index contributed by atoms with van der Waals surface area (Å²) in [6, 6.07) is 7.95. The zero-order valence-corrected chi connectivity index (χ0v) is 15.2. The van der Waals surface area contributed by atoms with Gasteiger partial charge >= 0.3 is 0 Å². The van der Waals surface area contributed by atoms with Crippen LogP contribution in [0.15, 0.2) is 35.2 Å². The molecular weight excluding hydrogens is 344 g/mol. The second-order valence-corrected chi connectivity index (χ2v) is 7.90. The lowest BCUT2D eigenvalue weighted by Gasteiger charge is -2.26. The number of aromatic nitrogens is 2. The third kappa shape index (κ3) is 3.24. The molecule has 2 aromatic rings. The van der Waals surface area contributed by atoms with Crippen LogP contribution in [0.1, 0.15) is 16.2 Å². The summed E-state index contributed by atoms with van der Waals surface area (Å²) in [5, 5.41) is 4.27. The summed E-state index contributed by atoms with van der Waals surface area (Å²) in [6.45, 7) is 0.895. The van der Waals surface area contributed by atoms with Gasteiger partial charge in [-0.3, -0.25) is 9.48 Å². The Labute approximate surface area is 146 Å². The number of carbonyl (C=O) groups excluding carboxylic acids is 1. The van der Waals surface area contributed by atoms with E-state index in [2.05, 4.69) is 5.10 Å². The van der Waals surface area contributed by atoms with E-state index in [0.717, 1.165) is 0 Å². The van der Waals surface area contributed by atoms with E-state index in [1.807, 2.05) is 0 Å². The van der Waals surface area contributed by atoms with E-state index < -0.39 is 10.0 Å². The van der Waals surface area contributed by atoms with Gasteiger partial charge in [0.25, 0.3) is 5.91 Å². The Morgan fingerprint density at radius 1 is 1.20 bits per heavy atom. The first kappa shape index (κ1) is 17.4. The summed E-state index contributed by atoms with van der Waals surface area (Å²) >= 11 is 0. The SMILES string of the molecule is COc1ccc(S(=O)(=O)N2CCn3nc(C(=O)N(C)C)cc3C2)cc1. The maximum Gasteiger partial charge on any atom is 0.273 e. The van der Waals surface area contributed by atoms with Crippen molar-refractivity contribution in [2.45, 2.75) is 18.0 Å². The molecule has 1 aromatic carbocycles. The van der Waals surface area contributed by atoms with Crippen LogP contribution in [0.2, 0.25) is 0 Å². The van der Waals surface area contributed by atoms with Crippen molar-refractivity contribution in [3.63, 3.8) is 0 Å². The summed E-state index contributed by atoms with van der Waals surface area (Å²) in [6.07, 6.45) is 0. The molecule has 1 aliphatic rings. The Balaban J connectivity index is 1.85. The van der Waals surface area contributed by atoms with Crippen LogP contribution in [0.3, 0.4) is 0 Å². The molecule has 0 atom stereocenters. The zero-order valence-electron chi connectivity index (χ0n) is 14.3. The van der Waals surface area contributed by atoms with Crippen LogP contribution in [0.5, 0.6) is 5.75 Å². The Morgan fingerprint density at radius 3 is 2.48 bits per heavy atom. The van der Waals surface area contributed by atoms with Crippen molar-refractivity contribution >= 4 is 15.9 Å². The zero-order chi connectivity index (χ0) is 18.2. The summed E-state index contributed by atoms with van der Waals surface area (Å²) in [5.74, 6) is 0.397. The van der Waals surface area contributed by atoms with Gasteiger partial charge in [0.05, 0.1) is 30.8 Å². The van der Waals surface area contributed by atoms with E-state index in [-0.39, 0.29) is 17.3 Å². The van der Waals surface area contributed by atoms with Gasteiger partial charge in [-0.2, -0.15) is 9.40 Å². The van der Waals surface area contributed by atoms with Crippen molar-refractivity contribution in [3.8, 4) is 5.75 Å². The first-order valence-corrected chi connectivity index (χ1v) is 9.19. The van der Waals surface area contributed by atoms with Crippen LogP contribution in [0.4, 0.5) is 0 Å². The van der Waals surface area contributed by atoms with Gasteiger partial charge in [-0.1, -0.05) is 0 Å². The van der Waals surface area contributed by atoms with Crippen molar-refractivity contribution < 1.29 is 17.9 Å². The molecule has 3 rings (SSSR count). The van der Waals surface area contributed by atoms with Crippen LogP contribution >= 0.6 is 0 Å². The van der Waals surface area contributed by atoms with Crippen LogP contribution in [-0.2, 0) is 23.1 Å². The predicted octanol–water partition coefficient (Wildman–Crippen LogP) is 0.798. The summed E-state index contributed by atoms with van der Waals surface area (Å²) < 4.78 is 33.8. The van der Waals surface area contributed by atoms with Gasteiger partial charge in [-0.25, -0.2) is 8.42 Å². The number of carbonyl (C=O) groups is 1. The van der Waals surface area contributed by atoms with Gasteiger partial charge in [-0.05, 0) is 30.3 Å². The van der Waals surface area contributed by atoms with E-state index in [9.17, 15) is 13.2 Å². The van der Waals surface area contributed by atoms with Crippen LogP contribution in [0, 0.1) is 0 Å². The molecule has 134 valence electrons. The first-order chi connectivity index (χ1) is 11.8. The molecular formula is C16H20N4O4S. The highest BCUT2D eigenvalue weighted by Gasteiger charge is 2.30. The molecule has 0 spiro atoms. The predicted molar refractivity (Wildman–Crippen MR) is 90.8 cm³/mol. The highest BCUT2D eigenvalue weighted by molar-refractivity contribution is 7.89. The number of amides is 1. The Hall–Kier alpha value is -2.39. The van der Waals surface area contributed by atoms with Crippen LogP contribution < -0.4 is 4.74 Å². The topological polar surface area (TPSA) is 84.7 Å². The highest BCUT2D eigenvalue weighted by atomic mass is 32.2. The molecule has 0 N–H and O–H groups in total. The molecule has 9 heteroatoms. The molecule has 2 heterocycles. The smallest absolute Gasteiger partial charge is 0.273 e. The lowest BCUT2D eigenvalue weighted by atomic mass is 10.3. The van der Waals surface area contributed by atoms with Gasteiger partial charge in [0.2, 0.25) is 10.0 Å². The van der Waals surface area contributed by atoms with Crippen LogP contribution in [-0.4, -0.2) is 61.1 Å². The molecule has 0 bridgehead atoms. The number of nitrogens with zero attached hydrogens (tertiary/aromatic N) is 4. The molecule has 0 unspecified atom stereocenters. The molecule has 0 aliphatic carbocycles. The van der Waals surface area contributed by atoms with Crippen LogP contribution in [0.25, 0.3) is 0 Å². The third-order valence-electron chi connectivity index (χ3n) is 4.09. The second-order valence-electron chi connectivity index (χ2n) is 5.96. The normalized spacial score (nSPS) is 14.8. The fourth-order valence-electron chi connectivity index (χ4n) is 2.68. The minimum absolute atomic E-state index is 0.183. The quantitative estimate of drug-likeness (QED) is 0.801. The summed E-state index contributed by atoms with van der Waals surface area (Å²) in [5.41, 5.74) is 1.03. The molecule has 0 fully saturated rings. The van der Waals surface area contributed by atoms with E-state index >= 15 is 0 Å². The average Bonchev–Trinajstić information content (AvgIpc) is 3.04. The van der Waals surface area contributed by atoms with E-state index in [4.69, 9.17) is 4.74 Å². The lowest BCUT2D eigenvalue weighted by molar-refractivity contribution is 0.0821. The van der Waals surface area contributed by atoms with Crippen molar-refractivity contribution in [2.24, 2.45) is 0 Å². The lowest BCUT2D eigenvalue weighted by Crippen LogP contribution is -2.38. The molecule has 1 amide bonds. The molecule has 0 saturated heterocycles. The fraction of sp³-hybridized carbons (Fsp3) is 0.375. The number of rotatable bonds is 4. The van der Waals surface area contributed by atoms with E-state index in [1.165, 1.54) is 28.4 Å². The van der Waals surface area contributed by atoms with E-state index in [0.29, 0.717) is 30.2 Å². The minimum Gasteiger partial charge on any atom is -0.497 e. The Bertz CT molecular complexity index is 887. The van der Waals surface area contributed by atoms with Crippen molar-refractivity contribution in [1.29, 1.82) is 0 Å². The number of methoxy groups -OCH3 is 1. The maximum atomic E-state index is 12.8. The highest BCUT2D eigenvalue weighted by Crippen LogP contribution is 2.24. The van der Waals surface area contributed by atoms with Crippen molar-refractivity contribution in [3.05, 3.63) is 41.7 Å². The van der Waals surface area contributed by atoms with Gasteiger partial charge in [-0.15, -0.1) is 0 Å². The van der Waals surface area contributed by atoms with Crippen molar-refractivity contribution in [1.82, 2.24) is 19.0 Å². The fourth-order valence-corrected chi connectivity index (χ4v) is 4.08. The van der Waals surface area contributed by atoms with Gasteiger partial charge in [0, 0.05) is 20.6 Å². The number of hydrogen-bond donors (Lipinski definition) is 0. The Kier molecular flexibility index (Phi) is 4.53. The monoisotopic (exact) mass is 364 g/mol. The Morgan fingerprint density at radius 2 is 1.88 bits per heavy atom. The first-order valence-electron chi connectivity index (χ1n) is 7.75. The molecule has 25 heavy (non-hydrogen) atoms. The minimum atomic E-state index is -3.62. The number of ether oxygens (including phenoxy) is 1. The molecule has 0 radical (unpaired) electrons. The largest absolute Gasteiger partial charge is 0.497 e. The second kappa shape index (κ2) is 6.49. The average molecular weight is 364 g/mol. The summed E-state index contributed by atoms with van der Waals surface area (Å²) in [4.78, 5) is 13.7. The van der Waals surface area contributed by atoms with Gasteiger partial charge in [0.1, 0.15) is 5.75 Å². The van der Waals surface area contributed by atoms with E-state index in [1.54, 1.807) is 37.0 Å². The number of hydrogen-bond acceptors (Lipinski definition) is 5. The third-order valence-corrected chi connectivity index (χ3v) is 5.94. The number of sulfonamides is 1.